The maximum atomic E-state index is 4.91. The number of allylic oxidation sites excluding steroid dienone is 2. The fourth-order valence-electron chi connectivity index (χ4n) is 5.33. The van der Waals surface area contributed by atoms with Crippen LogP contribution in [0.5, 0.6) is 0 Å². The molecular weight excluding hydrogens is 510 g/mol. The molecule has 2 aliphatic rings. The highest BCUT2D eigenvalue weighted by Gasteiger charge is 2.31. The Labute approximate surface area is 235 Å². The summed E-state index contributed by atoms with van der Waals surface area (Å²) in [4.78, 5) is 17.0. The molecule has 8 rings (SSSR count). The van der Waals surface area contributed by atoms with Crippen molar-refractivity contribution in [1.82, 2.24) is 15.0 Å². The normalized spacial score (nSPS) is 15.4. The van der Waals surface area contributed by atoms with Gasteiger partial charge >= 0.3 is 0 Å². The van der Waals surface area contributed by atoms with Crippen LogP contribution in [0.15, 0.2) is 128 Å². The summed E-state index contributed by atoms with van der Waals surface area (Å²) in [6, 6.07) is 37.2. The summed E-state index contributed by atoms with van der Waals surface area (Å²) < 4.78 is 1.30. The summed E-state index contributed by atoms with van der Waals surface area (Å²) in [5.41, 5.74) is 6.38. The lowest BCUT2D eigenvalue weighted by Crippen LogP contribution is -2.31. The second-order valence-electron chi connectivity index (χ2n) is 9.83. The Morgan fingerprint density at radius 1 is 0.625 bits per heavy atom. The van der Waals surface area contributed by atoms with E-state index < -0.39 is 0 Å². The Balaban J connectivity index is 1.17. The van der Waals surface area contributed by atoms with Crippen LogP contribution in [0.25, 0.3) is 49.8 Å². The summed E-state index contributed by atoms with van der Waals surface area (Å²) in [6.45, 7) is 0. The van der Waals surface area contributed by atoms with Crippen molar-refractivity contribution in [2.75, 3.05) is 10.2 Å². The van der Waals surface area contributed by atoms with Gasteiger partial charge in [0.05, 0.1) is 5.69 Å². The highest BCUT2D eigenvalue weighted by Crippen LogP contribution is 2.49. The molecule has 0 saturated carbocycles. The second kappa shape index (κ2) is 9.29. The van der Waals surface area contributed by atoms with Crippen molar-refractivity contribution in [3.8, 4) is 34.2 Å². The molecule has 2 aromatic heterocycles. The predicted molar refractivity (Wildman–Crippen MR) is 165 cm³/mol. The van der Waals surface area contributed by atoms with Crippen molar-refractivity contribution in [2.24, 2.45) is 0 Å². The van der Waals surface area contributed by atoms with Gasteiger partial charge in [0.2, 0.25) is 0 Å². The molecule has 0 spiro atoms. The highest BCUT2D eigenvalue weighted by atomic mass is 32.1. The predicted octanol–water partition coefficient (Wildman–Crippen LogP) is 8.26. The van der Waals surface area contributed by atoms with Gasteiger partial charge < -0.3 is 10.2 Å². The lowest BCUT2D eigenvalue weighted by molar-refractivity contribution is 0.916. The van der Waals surface area contributed by atoms with Crippen molar-refractivity contribution in [3.63, 3.8) is 0 Å². The molecule has 1 N–H and O–H groups in total. The van der Waals surface area contributed by atoms with Crippen LogP contribution in [-0.2, 0) is 0 Å². The minimum atomic E-state index is 0.0843. The first kappa shape index (κ1) is 22.9. The van der Waals surface area contributed by atoms with Gasteiger partial charge in [-0.2, -0.15) is 0 Å². The number of nitrogens with one attached hydrogen (secondary N) is 1. The molecule has 4 aromatic carbocycles. The van der Waals surface area contributed by atoms with E-state index in [9.17, 15) is 0 Å². The number of nitrogens with zero attached hydrogens (tertiary/aromatic N) is 4. The van der Waals surface area contributed by atoms with E-state index in [1.165, 1.54) is 20.8 Å². The van der Waals surface area contributed by atoms with E-state index in [0.29, 0.717) is 17.5 Å². The lowest BCUT2D eigenvalue weighted by Gasteiger charge is -2.25. The summed E-state index contributed by atoms with van der Waals surface area (Å²) in [7, 11) is 0. The third-order valence-electron chi connectivity index (χ3n) is 7.31. The van der Waals surface area contributed by atoms with E-state index in [-0.39, 0.29) is 6.17 Å². The second-order valence-corrected chi connectivity index (χ2v) is 10.9. The first-order valence-electron chi connectivity index (χ1n) is 13.2. The van der Waals surface area contributed by atoms with Crippen LogP contribution in [0.4, 0.5) is 10.7 Å². The zero-order chi connectivity index (χ0) is 26.5. The van der Waals surface area contributed by atoms with Crippen LogP contribution < -0.4 is 10.2 Å². The first-order chi connectivity index (χ1) is 19.8. The van der Waals surface area contributed by atoms with Crippen LogP contribution in [0, 0.1) is 0 Å². The SMILES string of the molecule is C1=CN2c3sc4ccccc4c3NC2C=C1c1cccc(-c2nc(-c3ccccc3)nc(-c3ccccc3)n2)c1. The standard InChI is InChI=1S/C34H23N5S/c1-3-10-22(11-4-1)31-36-32(23-12-5-2-6-13-23)38-33(37-31)26-15-9-14-24(20-26)25-18-19-39-29(21-25)35-30-27-16-7-8-17-28(27)40-34(30)39/h1-21,29,35H. The third-order valence-corrected chi connectivity index (χ3v) is 8.49. The smallest absolute Gasteiger partial charge is 0.164 e. The summed E-state index contributed by atoms with van der Waals surface area (Å²) in [5, 5.41) is 6.27. The summed E-state index contributed by atoms with van der Waals surface area (Å²) >= 11 is 1.83. The van der Waals surface area contributed by atoms with E-state index >= 15 is 0 Å². The molecule has 2 aliphatic heterocycles. The lowest BCUT2D eigenvalue weighted by atomic mass is 10.00. The molecule has 0 aliphatic carbocycles. The minimum Gasteiger partial charge on any atom is -0.359 e. The van der Waals surface area contributed by atoms with E-state index in [0.717, 1.165) is 27.8 Å². The molecular formula is C34H23N5S. The zero-order valence-electron chi connectivity index (χ0n) is 21.4. The van der Waals surface area contributed by atoms with Crippen LogP contribution in [-0.4, -0.2) is 21.1 Å². The Hall–Kier alpha value is -5.07. The average molecular weight is 534 g/mol. The molecule has 1 atom stereocenters. The Morgan fingerprint density at radius 3 is 1.95 bits per heavy atom. The number of rotatable bonds is 4. The molecule has 4 heterocycles. The van der Waals surface area contributed by atoms with Crippen LogP contribution in [0.2, 0.25) is 0 Å². The molecule has 0 bridgehead atoms. The topological polar surface area (TPSA) is 53.9 Å². The molecule has 6 aromatic rings. The van der Waals surface area contributed by atoms with Gasteiger partial charge in [-0.25, -0.2) is 15.0 Å². The van der Waals surface area contributed by atoms with Crippen molar-refractivity contribution < 1.29 is 0 Å². The quantitative estimate of drug-likeness (QED) is 0.247. The van der Waals surface area contributed by atoms with Crippen molar-refractivity contribution in [1.29, 1.82) is 0 Å². The van der Waals surface area contributed by atoms with Crippen molar-refractivity contribution in [2.45, 2.75) is 6.17 Å². The molecule has 1 unspecified atom stereocenters. The fraction of sp³-hybridized carbons (Fsp3) is 0.0294. The Kier molecular flexibility index (Phi) is 5.31. The van der Waals surface area contributed by atoms with E-state index in [1.54, 1.807) is 0 Å². The molecule has 0 amide bonds. The fourth-order valence-corrected chi connectivity index (χ4v) is 6.52. The minimum absolute atomic E-state index is 0.0843. The molecule has 40 heavy (non-hydrogen) atoms. The Morgan fingerprint density at radius 2 is 1.23 bits per heavy atom. The van der Waals surface area contributed by atoms with Gasteiger partial charge in [0, 0.05) is 33.0 Å². The summed E-state index contributed by atoms with van der Waals surface area (Å²) in [5.74, 6) is 1.98. The largest absolute Gasteiger partial charge is 0.359 e. The number of thiophene rings is 1. The van der Waals surface area contributed by atoms with Crippen molar-refractivity contribution in [3.05, 3.63) is 133 Å². The number of benzene rings is 4. The van der Waals surface area contributed by atoms with Crippen LogP contribution in [0.1, 0.15) is 5.56 Å². The number of hydrogen-bond acceptors (Lipinski definition) is 6. The third kappa shape index (κ3) is 3.89. The zero-order valence-corrected chi connectivity index (χ0v) is 22.2. The van der Waals surface area contributed by atoms with Crippen LogP contribution in [0.3, 0.4) is 0 Å². The maximum absolute atomic E-state index is 4.91. The average Bonchev–Trinajstić information content (AvgIpc) is 3.57. The Bertz CT molecular complexity index is 1880. The number of aromatic nitrogens is 3. The number of hydrogen-bond donors (Lipinski definition) is 1. The van der Waals surface area contributed by atoms with Gasteiger partial charge in [0.15, 0.2) is 17.5 Å². The number of fused-ring (bicyclic) bond motifs is 5. The molecule has 5 nitrogen and oxygen atoms in total. The van der Waals surface area contributed by atoms with Crippen LogP contribution >= 0.6 is 11.3 Å². The van der Waals surface area contributed by atoms with Gasteiger partial charge in [0.1, 0.15) is 11.2 Å². The first-order valence-corrected chi connectivity index (χ1v) is 14.1. The van der Waals surface area contributed by atoms with E-state index in [1.807, 2.05) is 72.0 Å². The van der Waals surface area contributed by atoms with Gasteiger partial charge in [-0.15, -0.1) is 11.3 Å². The highest BCUT2D eigenvalue weighted by molar-refractivity contribution is 7.23. The summed E-state index contributed by atoms with van der Waals surface area (Å²) in [6.07, 6.45) is 6.75. The van der Waals surface area contributed by atoms with Gasteiger partial charge in [-0.05, 0) is 35.4 Å². The molecule has 6 heteroatoms. The van der Waals surface area contributed by atoms with Gasteiger partial charge in [-0.3, -0.25) is 0 Å². The molecule has 0 fully saturated rings. The molecule has 190 valence electrons. The van der Waals surface area contributed by atoms with E-state index in [4.69, 9.17) is 15.0 Å². The maximum Gasteiger partial charge on any atom is 0.164 e. The van der Waals surface area contributed by atoms with E-state index in [2.05, 4.69) is 77.1 Å². The van der Waals surface area contributed by atoms with Gasteiger partial charge in [-0.1, -0.05) is 97.1 Å². The monoisotopic (exact) mass is 533 g/mol. The molecule has 0 radical (unpaired) electrons. The van der Waals surface area contributed by atoms with Crippen molar-refractivity contribution >= 4 is 37.7 Å². The number of anilines is 2. The molecule has 0 saturated heterocycles. The van der Waals surface area contributed by atoms with Gasteiger partial charge in [0.25, 0.3) is 0 Å².